The first-order valence-electron chi connectivity index (χ1n) is 8.60. The van der Waals surface area contributed by atoms with Gasteiger partial charge in [-0.05, 0) is 40.3 Å². The Morgan fingerprint density at radius 2 is 1.92 bits per heavy atom. The number of Topliss-reactive ketones (excluding diaryl/α,β-unsaturated/α-hetero) is 1. The zero-order chi connectivity index (χ0) is 19.9. The summed E-state index contributed by atoms with van der Waals surface area (Å²) in [5, 5.41) is 2.72. The van der Waals surface area contributed by atoms with Crippen molar-refractivity contribution in [2.75, 3.05) is 40.5 Å². The third-order valence-electron chi connectivity index (χ3n) is 4.23. The van der Waals surface area contributed by atoms with E-state index in [-0.39, 0.29) is 24.8 Å². The number of likely N-dealkylation sites (N-methyl/N-ethyl adjacent to an activating group) is 1. The van der Waals surface area contributed by atoms with Crippen LogP contribution in [0.15, 0.2) is 0 Å². The van der Waals surface area contributed by atoms with Gasteiger partial charge in [-0.2, -0.15) is 0 Å². The Kier molecular flexibility index (Phi) is 8.47. The highest BCUT2D eigenvalue weighted by atomic mass is 16.5. The molecular weight excluding hydrogens is 338 g/mol. The van der Waals surface area contributed by atoms with Crippen molar-refractivity contribution < 1.29 is 23.9 Å². The van der Waals surface area contributed by atoms with Gasteiger partial charge in [-0.25, -0.2) is 4.79 Å². The molecule has 0 aliphatic carbocycles. The quantitative estimate of drug-likeness (QED) is 0.364. The Morgan fingerprint density at radius 3 is 2.50 bits per heavy atom. The predicted molar refractivity (Wildman–Crippen MR) is 97.5 cm³/mol. The minimum Gasteiger partial charge on any atom is -0.462 e. The predicted octanol–water partition coefficient (Wildman–Crippen LogP) is 1.07. The number of methoxy groups -OCH3 is 1. The molecule has 0 saturated carbocycles. The number of nitrogens with zero attached hydrogens (tertiary/aromatic N) is 1. The summed E-state index contributed by atoms with van der Waals surface area (Å²) in [5.41, 5.74) is 1.92. The zero-order valence-electron chi connectivity index (χ0n) is 16.4. The molecule has 1 rings (SSSR count). The van der Waals surface area contributed by atoms with Crippen LogP contribution < -0.4 is 5.32 Å². The lowest BCUT2D eigenvalue weighted by molar-refractivity contribution is -0.122. The molecule has 0 aliphatic rings. The van der Waals surface area contributed by atoms with Crippen molar-refractivity contribution in [1.29, 1.82) is 0 Å². The highest BCUT2D eigenvalue weighted by Crippen LogP contribution is 2.21. The number of amides is 1. The summed E-state index contributed by atoms with van der Waals surface area (Å²) in [4.78, 5) is 41.4. The van der Waals surface area contributed by atoms with E-state index in [1.54, 1.807) is 46.8 Å². The SMILES string of the molecule is CCOC(=O)c1c(C)[nH]c(C(=O)[C@@H](C)N(C)CC(=O)NCCOC)c1C. The molecule has 1 aromatic heterocycles. The van der Waals surface area contributed by atoms with Crippen LogP contribution in [0.4, 0.5) is 0 Å². The topological polar surface area (TPSA) is 101 Å². The number of carbonyl (C=O) groups excluding carboxylic acids is 3. The highest BCUT2D eigenvalue weighted by Gasteiger charge is 2.28. The van der Waals surface area contributed by atoms with E-state index < -0.39 is 12.0 Å². The Bertz CT molecular complexity index is 653. The number of nitrogens with one attached hydrogen (secondary N) is 2. The van der Waals surface area contributed by atoms with E-state index in [0.29, 0.717) is 35.7 Å². The molecule has 1 amide bonds. The van der Waals surface area contributed by atoms with E-state index in [1.807, 2.05) is 0 Å². The second kappa shape index (κ2) is 10.1. The second-order valence-electron chi connectivity index (χ2n) is 6.14. The van der Waals surface area contributed by atoms with Crippen molar-refractivity contribution in [3.63, 3.8) is 0 Å². The van der Waals surface area contributed by atoms with E-state index in [4.69, 9.17) is 9.47 Å². The molecule has 26 heavy (non-hydrogen) atoms. The van der Waals surface area contributed by atoms with E-state index in [9.17, 15) is 14.4 Å². The van der Waals surface area contributed by atoms with Gasteiger partial charge < -0.3 is 19.8 Å². The first-order chi connectivity index (χ1) is 12.2. The fourth-order valence-electron chi connectivity index (χ4n) is 2.63. The van der Waals surface area contributed by atoms with Crippen LogP contribution in [-0.2, 0) is 14.3 Å². The number of H-pyrrole nitrogens is 1. The second-order valence-corrected chi connectivity index (χ2v) is 6.14. The lowest BCUT2D eigenvalue weighted by Crippen LogP contribution is -2.43. The molecule has 0 radical (unpaired) electrons. The van der Waals surface area contributed by atoms with Crippen LogP contribution in [0.3, 0.4) is 0 Å². The van der Waals surface area contributed by atoms with Gasteiger partial charge in [0.25, 0.3) is 0 Å². The Labute approximate surface area is 154 Å². The van der Waals surface area contributed by atoms with Gasteiger partial charge in [0, 0.05) is 19.3 Å². The molecule has 146 valence electrons. The molecule has 0 bridgehead atoms. The standard InChI is InChI=1S/C18H29N3O5/c1-7-26-18(24)15-11(2)16(20-12(15)3)17(23)13(4)21(5)10-14(22)19-8-9-25-6/h13,20H,7-10H2,1-6H3,(H,19,22)/t13-/m1/s1. The summed E-state index contributed by atoms with van der Waals surface area (Å²) >= 11 is 0. The fraction of sp³-hybridized carbons (Fsp3) is 0.611. The van der Waals surface area contributed by atoms with Gasteiger partial charge >= 0.3 is 5.97 Å². The number of hydrogen-bond acceptors (Lipinski definition) is 6. The summed E-state index contributed by atoms with van der Waals surface area (Å²) in [6, 6.07) is -0.532. The minimum atomic E-state index is -0.532. The number of aryl methyl sites for hydroxylation is 1. The summed E-state index contributed by atoms with van der Waals surface area (Å²) in [7, 11) is 3.26. The van der Waals surface area contributed by atoms with Gasteiger partial charge in [-0.15, -0.1) is 0 Å². The van der Waals surface area contributed by atoms with Crippen LogP contribution in [0.1, 0.15) is 46.0 Å². The number of esters is 1. The van der Waals surface area contributed by atoms with Gasteiger partial charge in [0.15, 0.2) is 5.78 Å². The number of rotatable bonds is 10. The van der Waals surface area contributed by atoms with Crippen LogP contribution in [0.2, 0.25) is 0 Å². The molecule has 1 atom stereocenters. The lowest BCUT2D eigenvalue weighted by atomic mass is 10.0. The van der Waals surface area contributed by atoms with Crippen molar-refractivity contribution in [2.24, 2.45) is 0 Å². The third-order valence-corrected chi connectivity index (χ3v) is 4.23. The van der Waals surface area contributed by atoms with Gasteiger partial charge in [0.2, 0.25) is 5.91 Å². The van der Waals surface area contributed by atoms with Crippen LogP contribution in [-0.4, -0.2) is 74.0 Å². The van der Waals surface area contributed by atoms with Crippen molar-refractivity contribution in [3.8, 4) is 0 Å². The van der Waals surface area contributed by atoms with Gasteiger partial charge in [0.1, 0.15) is 0 Å². The summed E-state index contributed by atoms with van der Waals surface area (Å²) < 4.78 is 9.93. The van der Waals surface area contributed by atoms with Crippen LogP contribution in [0.5, 0.6) is 0 Å². The van der Waals surface area contributed by atoms with E-state index in [0.717, 1.165) is 0 Å². The third kappa shape index (κ3) is 5.40. The van der Waals surface area contributed by atoms with Crippen molar-refractivity contribution in [1.82, 2.24) is 15.2 Å². The minimum absolute atomic E-state index is 0.0834. The number of ether oxygens (including phenoxy) is 2. The molecule has 0 fully saturated rings. The maximum absolute atomic E-state index is 12.8. The number of aromatic nitrogens is 1. The van der Waals surface area contributed by atoms with Gasteiger partial charge in [0.05, 0.1) is 37.1 Å². The molecule has 1 heterocycles. The molecule has 2 N–H and O–H groups in total. The Balaban J connectivity index is 2.83. The maximum atomic E-state index is 12.8. The maximum Gasteiger partial charge on any atom is 0.340 e. The van der Waals surface area contributed by atoms with Crippen molar-refractivity contribution >= 4 is 17.7 Å². The smallest absolute Gasteiger partial charge is 0.340 e. The largest absolute Gasteiger partial charge is 0.462 e. The molecule has 1 aromatic rings. The van der Waals surface area contributed by atoms with Crippen LogP contribution in [0.25, 0.3) is 0 Å². The average molecular weight is 367 g/mol. The average Bonchev–Trinajstić information content (AvgIpc) is 2.88. The zero-order valence-corrected chi connectivity index (χ0v) is 16.4. The molecule has 0 spiro atoms. The number of ketones is 1. The van der Waals surface area contributed by atoms with Gasteiger partial charge in [-0.3, -0.25) is 14.5 Å². The molecule has 8 heteroatoms. The first kappa shape index (κ1) is 21.9. The van der Waals surface area contributed by atoms with E-state index in [2.05, 4.69) is 10.3 Å². The van der Waals surface area contributed by atoms with Crippen molar-refractivity contribution in [3.05, 3.63) is 22.5 Å². The van der Waals surface area contributed by atoms with Gasteiger partial charge in [-0.1, -0.05) is 0 Å². The van der Waals surface area contributed by atoms with Crippen LogP contribution in [0, 0.1) is 13.8 Å². The normalized spacial score (nSPS) is 12.1. The van der Waals surface area contributed by atoms with Crippen LogP contribution >= 0.6 is 0 Å². The van der Waals surface area contributed by atoms with Crippen molar-refractivity contribution in [2.45, 2.75) is 33.7 Å². The number of aromatic amines is 1. The summed E-state index contributed by atoms with van der Waals surface area (Å²) in [6.45, 7) is 8.11. The molecule has 8 nitrogen and oxygen atoms in total. The van der Waals surface area contributed by atoms with E-state index >= 15 is 0 Å². The summed E-state index contributed by atoms with van der Waals surface area (Å²) in [5.74, 6) is -0.819. The highest BCUT2D eigenvalue weighted by molar-refractivity contribution is 6.03. The summed E-state index contributed by atoms with van der Waals surface area (Å²) in [6.07, 6.45) is 0. The molecular formula is C18H29N3O5. The molecule has 0 aliphatic heterocycles. The number of carbonyl (C=O) groups is 3. The molecule has 0 saturated heterocycles. The Morgan fingerprint density at radius 1 is 1.27 bits per heavy atom. The number of hydrogen-bond donors (Lipinski definition) is 2. The molecule has 0 aromatic carbocycles. The first-order valence-corrected chi connectivity index (χ1v) is 8.60. The lowest BCUT2D eigenvalue weighted by Gasteiger charge is -2.22. The Hall–Kier alpha value is -2.19. The fourth-order valence-corrected chi connectivity index (χ4v) is 2.63. The van der Waals surface area contributed by atoms with E-state index in [1.165, 1.54) is 0 Å². The molecule has 0 unspecified atom stereocenters. The monoisotopic (exact) mass is 367 g/mol.